The lowest BCUT2D eigenvalue weighted by molar-refractivity contribution is 0.0725. The van der Waals surface area contributed by atoms with Gasteiger partial charge in [0.25, 0.3) is 11.5 Å². The molecule has 2 aromatic heterocycles. The maximum Gasteiger partial charge on any atom is 0.331 e. The molecule has 1 amide bonds. The van der Waals surface area contributed by atoms with Gasteiger partial charge in [0.1, 0.15) is 11.5 Å². The molecule has 0 aliphatic heterocycles. The molecule has 0 spiro atoms. The molecule has 2 heterocycles. The summed E-state index contributed by atoms with van der Waals surface area (Å²) in [5.74, 6) is 0.382. The molecule has 0 fully saturated rings. The summed E-state index contributed by atoms with van der Waals surface area (Å²) < 4.78 is 4.00. The number of aryl methyl sites for hydroxylation is 1. The largest absolute Gasteiger partial charge is 0.337 e. The van der Waals surface area contributed by atoms with Gasteiger partial charge < -0.3 is 9.47 Å². The monoisotopic (exact) mass is 319 g/mol. The molecule has 0 bridgehead atoms. The number of aromatic nitrogens is 4. The van der Waals surface area contributed by atoms with Crippen LogP contribution < -0.4 is 11.2 Å². The zero-order valence-electron chi connectivity index (χ0n) is 13.8. The summed E-state index contributed by atoms with van der Waals surface area (Å²) in [6.07, 6.45) is 4.23. The third-order valence-corrected chi connectivity index (χ3v) is 3.78. The van der Waals surface area contributed by atoms with Crippen molar-refractivity contribution >= 4 is 5.91 Å². The minimum absolute atomic E-state index is 0.0840. The fraction of sp³-hybridized carbons (Fsp3) is 0.467. The number of carbonyl (C=O) groups is 1. The fourth-order valence-electron chi connectivity index (χ4n) is 2.34. The van der Waals surface area contributed by atoms with Gasteiger partial charge in [-0.2, -0.15) is 0 Å². The molecule has 8 nitrogen and oxygen atoms in total. The number of imidazole rings is 1. The van der Waals surface area contributed by atoms with Gasteiger partial charge in [-0.25, -0.2) is 9.78 Å². The highest BCUT2D eigenvalue weighted by atomic mass is 16.2. The van der Waals surface area contributed by atoms with Crippen molar-refractivity contribution in [2.45, 2.75) is 19.9 Å². The second-order valence-electron chi connectivity index (χ2n) is 5.45. The Balaban J connectivity index is 2.41. The van der Waals surface area contributed by atoms with Crippen LogP contribution in [0.5, 0.6) is 0 Å². The molecule has 0 radical (unpaired) electrons. The molecule has 0 aliphatic carbocycles. The van der Waals surface area contributed by atoms with Gasteiger partial charge in [-0.15, -0.1) is 0 Å². The van der Waals surface area contributed by atoms with Crippen LogP contribution in [0.1, 0.15) is 29.7 Å². The molecule has 124 valence electrons. The summed E-state index contributed by atoms with van der Waals surface area (Å²) in [7, 11) is 4.72. The van der Waals surface area contributed by atoms with Gasteiger partial charge in [-0.05, 0) is 6.42 Å². The summed E-state index contributed by atoms with van der Waals surface area (Å²) in [5.41, 5.74) is -0.931. The average molecular weight is 319 g/mol. The van der Waals surface area contributed by atoms with Crippen molar-refractivity contribution in [2.24, 2.45) is 21.1 Å². The first kappa shape index (κ1) is 16.7. The van der Waals surface area contributed by atoms with Crippen molar-refractivity contribution in [1.82, 2.24) is 23.6 Å². The van der Waals surface area contributed by atoms with E-state index >= 15 is 0 Å². The highest BCUT2D eigenvalue weighted by Gasteiger charge is 2.21. The van der Waals surface area contributed by atoms with Gasteiger partial charge in [0, 0.05) is 46.1 Å². The quantitative estimate of drug-likeness (QED) is 0.769. The van der Waals surface area contributed by atoms with Crippen LogP contribution in [0.2, 0.25) is 0 Å². The van der Waals surface area contributed by atoms with Gasteiger partial charge >= 0.3 is 5.69 Å². The van der Waals surface area contributed by atoms with Crippen molar-refractivity contribution in [1.29, 1.82) is 0 Å². The lowest BCUT2D eigenvalue weighted by Crippen LogP contribution is -2.42. The molecule has 23 heavy (non-hydrogen) atoms. The summed E-state index contributed by atoms with van der Waals surface area (Å²) >= 11 is 0. The van der Waals surface area contributed by atoms with Gasteiger partial charge in [-0.3, -0.25) is 18.7 Å². The van der Waals surface area contributed by atoms with Crippen molar-refractivity contribution in [3.63, 3.8) is 0 Å². The molecular formula is C15H21N5O3. The average Bonchev–Trinajstić information content (AvgIpc) is 2.93. The number of rotatable bonds is 5. The second kappa shape index (κ2) is 6.64. The molecule has 0 saturated heterocycles. The van der Waals surface area contributed by atoms with Gasteiger partial charge in [0.15, 0.2) is 0 Å². The Bertz CT molecular complexity index is 830. The lowest BCUT2D eigenvalue weighted by atomic mass is 10.3. The third kappa shape index (κ3) is 3.25. The van der Waals surface area contributed by atoms with Gasteiger partial charge in [0.05, 0.1) is 6.54 Å². The van der Waals surface area contributed by atoms with Gasteiger partial charge in [-0.1, -0.05) is 6.92 Å². The van der Waals surface area contributed by atoms with Crippen molar-refractivity contribution in [3.05, 3.63) is 50.8 Å². The minimum Gasteiger partial charge on any atom is -0.337 e. The number of carbonyl (C=O) groups excluding carboxylic acids is 1. The maximum atomic E-state index is 12.8. The minimum atomic E-state index is -0.519. The Morgan fingerprint density at radius 1 is 1.22 bits per heavy atom. The van der Waals surface area contributed by atoms with E-state index in [1.807, 2.05) is 18.5 Å². The normalized spacial score (nSPS) is 10.8. The van der Waals surface area contributed by atoms with Crippen LogP contribution >= 0.6 is 0 Å². The van der Waals surface area contributed by atoms with Crippen LogP contribution in [-0.2, 0) is 27.7 Å². The maximum absolute atomic E-state index is 12.8. The molecule has 0 saturated carbocycles. The van der Waals surface area contributed by atoms with E-state index in [9.17, 15) is 14.4 Å². The molecule has 0 atom stereocenters. The highest BCUT2D eigenvalue weighted by molar-refractivity contribution is 5.92. The Morgan fingerprint density at radius 3 is 2.48 bits per heavy atom. The topological polar surface area (TPSA) is 82.1 Å². The smallest absolute Gasteiger partial charge is 0.331 e. The van der Waals surface area contributed by atoms with E-state index in [-0.39, 0.29) is 11.6 Å². The first-order valence-corrected chi connectivity index (χ1v) is 7.39. The third-order valence-electron chi connectivity index (χ3n) is 3.78. The first-order valence-electron chi connectivity index (χ1n) is 7.39. The Labute approximate surface area is 133 Å². The van der Waals surface area contributed by atoms with Crippen LogP contribution in [0.3, 0.4) is 0 Å². The fourth-order valence-corrected chi connectivity index (χ4v) is 2.34. The van der Waals surface area contributed by atoms with Crippen molar-refractivity contribution in [3.8, 4) is 0 Å². The highest BCUT2D eigenvalue weighted by Crippen LogP contribution is 2.07. The Morgan fingerprint density at radius 2 is 1.91 bits per heavy atom. The standard InChI is InChI=1S/C15H21N5O3/c1-5-7-20(10-12-16-6-8-17(12)2)14(22)11-9-13(21)19(4)15(23)18(11)3/h6,8-9H,5,7,10H2,1-4H3. The van der Waals surface area contributed by atoms with E-state index in [4.69, 9.17) is 0 Å². The number of hydrogen-bond donors (Lipinski definition) is 0. The zero-order chi connectivity index (χ0) is 17.1. The molecule has 0 aliphatic rings. The molecule has 8 heteroatoms. The predicted molar refractivity (Wildman–Crippen MR) is 85.2 cm³/mol. The van der Waals surface area contributed by atoms with Crippen molar-refractivity contribution in [2.75, 3.05) is 6.54 Å². The van der Waals surface area contributed by atoms with Crippen LogP contribution in [0.4, 0.5) is 0 Å². The van der Waals surface area contributed by atoms with E-state index < -0.39 is 11.2 Å². The summed E-state index contributed by atoms with van der Waals surface area (Å²) in [6.45, 7) is 2.79. The molecule has 2 rings (SSSR count). The Kier molecular flexibility index (Phi) is 4.83. The lowest BCUT2D eigenvalue weighted by Gasteiger charge is -2.23. The molecule has 0 unspecified atom stereocenters. The summed E-state index contributed by atoms with van der Waals surface area (Å²) in [6, 6.07) is 1.20. The molecule has 0 aromatic carbocycles. The Hall–Kier alpha value is -2.64. The van der Waals surface area contributed by atoms with E-state index in [0.717, 1.165) is 16.8 Å². The van der Waals surface area contributed by atoms with E-state index in [2.05, 4.69) is 4.98 Å². The van der Waals surface area contributed by atoms with E-state index in [1.165, 1.54) is 24.7 Å². The van der Waals surface area contributed by atoms with Gasteiger partial charge in [0.2, 0.25) is 0 Å². The van der Waals surface area contributed by atoms with E-state index in [0.29, 0.717) is 13.1 Å². The molecule has 0 N–H and O–H groups in total. The van der Waals surface area contributed by atoms with E-state index in [1.54, 1.807) is 17.3 Å². The molecular weight excluding hydrogens is 298 g/mol. The number of nitrogens with zero attached hydrogens (tertiary/aromatic N) is 5. The van der Waals surface area contributed by atoms with Crippen molar-refractivity contribution < 1.29 is 4.79 Å². The zero-order valence-corrected chi connectivity index (χ0v) is 13.8. The predicted octanol–water partition coefficient (Wildman–Crippen LogP) is -0.130. The van der Waals surface area contributed by atoms with Crippen LogP contribution in [0, 0.1) is 0 Å². The van der Waals surface area contributed by atoms with Crippen LogP contribution in [-0.4, -0.2) is 36.0 Å². The summed E-state index contributed by atoms with van der Waals surface area (Å²) in [5, 5.41) is 0. The van der Waals surface area contributed by atoms with Crippen LogP contribution in [0.15, 0.2) is 28.0 Å². The SMILES string of the molecule is CCCN(Cc1nccn1C)C(=O)c1cc(=O)n(C)c(=O)n1C. The second-order valence-corrected chi connectivity index (χ2v) is 5.45. The van der Waals surface area contributed by atoms with Crippen LogP contribution in [0.25, 0.3) is 0 Å². The number of amides is 1. The first-order chi connectivity index (χ1) is 10.9. The molecule has 2 aromatic rings. The summed E-state index contributed by atoms with van der Waals surface area (Å²) in [4.78, 5) is 42.4. The number of hydrogen-bond acceptors (Lipinski definition) is 4.